The van der Waals surface area contributed by atoms with E-state index in [0.717, 1.165) is 22.1 Å². The number of aryl methyl sites for hydroxylation is 1. The van der Waals surface area contributed by atoms with Gasteiger partial charge in [0.15, 0.2) is 5.82 Å². The molecule has 164 valence electrons. The molecule has 0 fully saturated rings. The molecule has 0 bridgehead atoms. The van der Waals surface area contributed by atoms with Crippen molar-refractivity contribution in [1.29, 1.82) is 0 Å². The van der Waals surface area contributed by atoms with E-state index in [1.165, 1.54) is 10.9 Å². The molecule has 0 aliphatic heterocycles. The minimum atomic E-state index is -0.609. The Balaban J connectivity index is 1.42. The van der Waals surface area contributed by atoms with Gasteiger partial charge in [-0.1, -0.05) is 5.16 Å². The molecule has 0 spiro atoms. The van der Waals surface area contributed by atoms with E-state index in [2.05, 4.69) is 46.9 Å². The summed E-state index contributed by atoms with van der Waals surface area (Å²) >= 11 is 3.40. The van der Waals surface area contributed by atoms with Gasteiger partial charge in [-0.05, 0) is 29.8 Å². The standard InChI is InChI=1S/C16H18BrN9O5/c1-9-14(17)10(2)25(22-9)8-13(27)18-3-4-19-15(28)16-21-12(23-31-16)7-24-6-11(5-20-24)26(29)30/h5-6H,3-4,7-8H2,1-2H3,(H,18,27)(H,19,28). The highest BCUT2D eigenvalue weighted by Crippen LogP contribution is 2.19. The molecule has 0 saturated carbocycles. The molecule has 0 radical (unpaired) electrons. The predicted octanol–water partition coefficient (Wildman–Crippen LogP) is 0.345. The van der Waals surface area contributed by atoms with Gasteiger partial charge in [0, 0.05) is 13.1 Å². The van der Waals surface area contributed by atoms with Crippen molar-refractivity contribution in [3.05, 3.63) is 50.1 Å². The molecule has 3 rings (SSSR count). The Morgan fingerprint density at radius 2 is 2.03 bits per heavy atom. The number of rotatable bonds is 9. The number of nitro groups is 1. The van der Waals surface area contributed by atoms with Crippen molar-refractivity contribution >= 4 is 33.4 Å². The molecule has 0 saturated heterocycles. The van der Waals surface area contributed by atoms with Crippen molar-refractivity contribution in [2.45, 2.75) is 26.9 Å². The molecule has 15 heteroatoms. The van der Waals surface area contributed by atoms with Gasteiger partial charge in [0.25, 0.3) is 0 Å². The van der Waals surface area contributed by atoms with E-state index in [9.17, 15) is 19.7 Å². The van der Waals surface area contributed by atoms with Gasteiger partial charge in [0.2, 0.25) is 5.91 Å². The molecule has 0 aromatic carbocycles. The number of hydrogen-bond acceptors (Lipinski definition) is 9. The van der Waals surface area contributed by atoms with Crippen molar-refractivity contribution in [3.63, 3.8) is 0 Å². The maximum absolute atomic E-state index is 12.1. The van der Waals surface area contributed by atoms with Gasteiger partial charge in [-0.15, -0.1) is 0 Å². The summed E-state index contributed by atoms with van der Waals surface area (Å²) < 4.78 is 8.58. The smallest absolute Gasteiger partial charge is 0.316 e. The molecule has 3 heterocycles. The van der Waals surface area contributed by atoms with E-state index in [-0.39, 0.29) is 49.5 Å². The van der Waals surface area contributed by atoms with Crippen LogP contribution in [0.2, 0.25) is 0 Å². The first-order chi connectivity index (χ1) is 14.7. The van der Waals surface area contributed by atoms with Gasteiger partial charge in [-0.2, -0.15) is 15.2 Å². The summed E-state index contributed by atoms with van der Waals surface area (Å²) in [7, 11) is 0. The Bertz CT molecular complexity index is 1120. The quantitative estimate of drug-likeness (QED) is 0.240. The summed E-state index contributed by atoms with van der Waals surface area (Å²) in [5.41, 5.74) is 1.47. The molecule has 0 atom stereocenters. The molecule has 0 unspecified atom stereocenters. The third-order valence-corrected chi connectivity index (χ3v) is 5.26. The lowest BCUT2D eigenvalue weighted by atomic mass is 10.4. The van der Waals surface area contributed by atoms with Crippen molar-refractivity contribution < 1.29 is 19.0 Å². The van der Waals surface area contributed by atoms with Crippen LogP contribution >= 0.6 is 15.9 Å². The molecular formula is C16H18BrN9O5. The van der Waals surface area contributed by atoms with Crippen molar-refractivity contribution in [2.24, 2.45) is 0 Å². The molecule has 0 aliphatic rings. The van der Waals surface area contributed by atoms with E-state index in [4.69, 9.17) is 4.52 Å². The van der Waals surface area contributed by atoms with Crippen LogP contribution in [0.15, 0.2) is 21.4 Å². The number of carbonyl (C=O) groups excluding carboxylic acids is 2. The van der Waals surface area contributed by atoms with E-state index >= 15 is 0 Å². The Labute approximate surface area is 183 Å². The Morgan fingerprint density at radius 3 is 2.68 bits per heavy atom. The Hall–Kier alpha value is -3.62. The maximum Gasteiger partial charge on any atom is 0.316 e. The fourth-order valence-electron chi connectivity index (χ4n) is 2.56. The van der Waals surface area contributed by atoms with Crippen LogP contribution in [-0.2, 0) is 17.9 Å². The normalized spacial score (nSPS) is 10.8. The molecule has 3 aromatic rings. The van der Waals surface area contributed by atoms with Crippen LogP contribution in [0.5, 0.6) is 0 Å². The number of amides is 2. The highest BCUT2D eigenvalue weighted by Gasteiger charge is 2.17. The highest BCUT2D eigenvalue weighted by atomic mass is 79.9. The van der Waals surface area contributed by atoms with Crippen LogP contribution in [0.1, 0.15) is 27.9 Å². The third-order valence-electron chi connectivity index (χ3n) is 4.12. The fraction of sp³-hybridized carbons (Fsp3) is 0.375. The molecule has 31 heavy (non-hydrogen) atoms. The second kappa shape index (κ2) is 9.46. The van der Waals surface area contributed by atoms with Crippen molar-refractivity contribution in [1.82, 2.24) is 40.3 Å². The first-order valence-corrected chi connectivity index (χ1v) is 9.77. The summed E-state index contributed by atoms with van der Waals surface area (Å²) in [5, 5.41) is 27.6. The first-order valence-electron chi connectivity index (χ1n) is 8.98. The average molecular weight is 496 g/mol. The van der Waals surface area contributed by atoms with Crippen LogP contribution < -0.4 is 10.6 Å². The maximum atomic E-state index is 12.1. The summed E-state index contributed by atoms with van der Waals surface area (Å²) in [6.45, 7) is 4.10. The molecule has 2 N–H and O–H groups in total. The van der Waals surface area contributed by atoms with Gasteiger partial charge in [0.1, 0.15) is 25.5 Å². The Morgan fingerprint density at radius 1 is 1.29 bits per heavy atom. The van der Waals surface area contributed by atoms with Crippen LogP contribution in [0, 0.1) is 24.0 Å². The van der Waals surface area contributed by atoms with E-state index in [1.54, 1.807) is 4.68 Å². The van der Waals surface area contributed by atoms with E-state index < -0.39 is 10.8 Å². The second-order valence-corrected chi connectivity index (χ2v) is 7.21. The van der Waals surface area contributed by atoms with Crippen LogP contribution in [0.25, 0.3) is 0 Å². The summed E-state index contributed by atoms with van der Waals surface area (Å²) in [4.78, 5) is 38.1. The zero-order valence-electron chi connectivity index (χ0n) is 16.5. The minimum absolute atomic E-state index is 0.00309. The predicted molar refractivity (Wildman–Crippen MR) is 107 cm³/mol. The van der Waals surface area contributed by atoms with E-state index in [1.807, 2.05) is 13.8 Å². The summed E-state index contributed by atoms with van der Waals surface area (Å²) in [5.74, 6) is -0.995. The number of aromatic nitrogens is 6. The molecule has 2 amide bonds. The van der Waals surface area contributed by atoms with Gasteiger partial charge >= 0.3 is 17.5 Å². The fourth-order valence-corrected chi connectivity index (χ4v) is 2.85. The number of hydrogen-bond donors (Lipinski definition) is 2. The third kappa shape index (κ3) is 5.50. The highest BCUT2D eigenvalue weighted by molar-refractivity contribution is 9.10. The molecule has 0 aliphatic carbocycles. The van der Waals surface area contributed by atoms with Gasteiger partial charge < -0.3 is 15.2 Å². The second-order valence-electron chi connectivity index (χ2n) is 6.42. The van der Waals surface area contributed by atoms with Gasteiger partial charge in [-0.3, -0.25) is 29.1 Å². The minimum Gasteiger partial charge on any atom is -0.353 e. The SMILES string of the molecule is Cc1nn(CC(=O)NCCNC(=O)c2nc(Cn3cc([N+](=O)[O-])cn3)no2)c(C)c1Br. The topological polar surface area (TPSA) is 176 Å². The summed E-state index contributed by atoms with van der Waals surface area (Å²) in [6.07, 6.45) is 2.30. The molecule has 3 aromatic heterocycles. The van der Waals surface area contributed by atoms with Gasteiger partial charge in [-0.25, -0.2) is 0 Å². The number of nitrogens with one attached hydrogen (secondary N) is 2. The Kier molecular flexibility index (Phi) is 6.74. The molecular weight excluding hydrogens is 478 g/mol. The lowest BCUT2D eigenvalue weighted by Crippen LogP contribution is -2.36. The lowest BCUT2D eigenvalue weighted by molar-refractivity contribution is -0.385. The van der Waals surface area contributed by atoms with Crippen molar-refractivity contribution in [3.8, 4) is 0 Å². The summed E-state index contributed by atoms with van der Waals surface area (Å²) in [6, 6.07) is 0. The van der Waals surface area contributed by atoms with Crippen LogP contribution in [-0.4, -0.2) is 59.5 Å². The number of nitrogens with zero attached hydrogens (tertiary/aromatic N) is 7. The monoisotopic (exact) mass is 495 g/mol. The van der Waals surface area contributed by atoms with Crippen molar-refractivity contribution in [2.75, 3.05) is 13.1 Å². The van der Waals surface area contributed by atoms with Crippen LogP contribution in [0.4, 0.5) is 5.69 Å². The van der Waals surface area contributed by atoms with E-state index in [0.29, 0.717) is 0 Å². The lowest BCUT2D eigenvalue weighted by Gasteiger charge is -2.07. The average Bonchev–Trinajstić information content (AvgIpc) is 3.44. The molecule has 14 nitrogen and oxygen atoms in total. The zero-order valence-corrected chi connectivity index (χ0v) is 18.1. The largest absolute Gasteiger partial charge is 0.353 e. The number of carbonyl (C=O) groups is 2. The number of halogens is 1. The zero-order chi connectivity index (χ0) is 22.5. The first kappa shape index (κ1) is 22.1. The van der Waals surface area contributed by atoms with Crippen LogP contribution in [0.3, 0.4) is 0 Å². The van der Waals surface area contributed by atoms with Gasteiger partial charge in [0.05, 0.1) is 20.8 Å².